The SMILES string of the molecule is C=CC(=O)N1CCC(P(C)(C)=O)CC1. The second kappa shape index (κ2) is 4.31. The van der Waals surface area contributed by atoms with Gasteiger partial charge in [0.2, 0.25) is 5.91 Å². The molecule has 1 aliphatic heterocycles. The topological polar surface area (TPSA) is 37.4 Å². The summed E-state index contributed by atoms with van der Waals surface area (Å²) in [7, 11) is -1.97. The van der Waals surface area contributed by atoms with Crippen LogP contribution in [0.3, 0.4) is 0 Å². The zero-order valence-electron chi connectivity index (χ0n) is 8.90. The molecule has 0 aromatic rings. The van der Waals surface area contributed by atoms with Gasteiger partial charge in [0, 0.05) is 18.7 Å². The molecule has 14 heavy (non-hydrogen) atoms. The largest absolute Gasteiger partial charge is 0.339 e. The van der Waals surface area contributed by atoms with Crippen molar-refractivity contribution in [3.8, 4) is 0 Å². The lowest BCUT2D eigenvalue weighted by molar-refractivity contribution is -0.126. The molecule has 1 heterocycles. The van der Waals surface area contributed by atoms with E-state index < -0.39 is 7.14 Å². The lowest BCUT2D eigenvalue weighted by Gasteiger charge is -2.33. The Morgan fingerprint density at radius 1 is 1.43 bits per heavy atom. The molecule has 0 saturated carbocycles. The molecule has 0 aromatic heterocycles. The van der Waals surface area contributed by atoms with Crippen LogP contribution < -0.4 is 0 Å². The van der Waals surface area contributed by atoms with Crippen molar-refractivity contribution in [2.45, 2.75) is 18.5 Å². The van der Waals surface area contributed by atoms with Gasteiger partial charge in [0.25, 0.3) is 0 Å². The zero-order chi connectivity index (χ0) is 10.8. The van der Waals surface area contributed by atoms with Crippen LogP contribution in [0.15, 0.2) is 12.7 Å². The van der Waals surface area contributed by atoms with Gasteiger partial charge >= 0.3 is 0 Å². The van der Waals surface area contributed by atoms with Gasteiger partial charge in [0.15, 0.2) is 0 Å². The molecule has 0 N–H and O–H groups in total. The molecule has 0 unspecified atom stereocenters. The second-order valence-electron chi connectivity index (χ2n) is 4.19. The highest BCUT2D eigenvalue weighted by molar-refractivity contribution is 7.63. The fraction of sp³-hybridized carbons (Fsp3) is 0.700. The van der Waals surface area contributed by atoms with E-state index in [9.17, 15) is 9.36 Å². The number of hydrogen-bond donors (Lipinski definition) is 0. The first-order valence-corrected chi connectivity index (χ1v) is 7.58. The molecular formula is C10H18NO2P. The highest BCUT2D eigenvalue weighted by Gasteiger charge is 2.28. The maximum absolute atomic E-state index is 11.8. The first-order valence-electron chi connectivity index (χ1n) is 4.91. The number of piperidine rings is 1. The van der Waals surface area contributed by atoms with Crippen LogP contribution in [0, 0.1) is 0 Å². The van der Waals surface area contributed by atoms with E-state index in [1.54, 1.807) is 4.90 Å². The third-order valence-corrected chi connectivity index (χ3v) is 5.11. The van der Waals surface area contributed by atoms with Gasteiger partial charge in [-0.25, -0.2) is 0 Å². The Balaban J connectivity index is 2.50. The van der Waals surface area contributed by atoms with Gasteiger partial charge in [0.1, 0.15) is 0 Å². The second-order valence-corrected chi connectivity index (χ2v) is 7.79. The van der Waals surface area contributed by atoms with E-state index in [1.165, 1.54) is 6.08 Å². The fourth-order valence-electron chi connectivity index (χ4n) is 1.84. The summed E-state index contributed by atoms with van der Waals surface area (Å²) in [5.74, 6) is -0.00881. The molecule has 1 saturated heterocycles. The first-order chi connectivity index (χ1) is 6.45. The van der Waals surface area contributed by atoms with Gasteiger partial charge in [-0.3, -0.25) is 4.79 Å². The van der Waals surface area contributed by atoms with Gasteiger partial charge in [-0.1, -0.05) is 6.58 Å². The Hall–Kier alpha value is -0.560. The highest BCUT2D eigenvalue weighted by Crippen LogP contribution is 2.47. The summed E-state index contributed by atoms with van der Waals surface area (Å²) in [6, 6.07) is 0. The Labute approximate surface area is 85.5 Å². The van der Waals surface area contributed by atoms with Crippen LogP contribution in [0.1, 0.15) is 12.8 Å². The third kappa shape index (κ3) is 2.71. The number of nitrogens with zero attached hydrogens (tertiary/aromatic N) is 1. The molecular weight excluding hydrogens is 197 g/mol. The Morgan fingerprint density at radius 2 is 1.93 bits per heavy atom. The third-order valence-electron chi connectivity index (χ3n) is 2.83. The summed E-state index contributed by atoms with van der Waals surface area (Å²) in [6.07, 6.45) is 3.07. The van der Waals surface area contributed by atoms with Crippen molar-refractivity contribution >= 4 is 13.0 Å². The van der Waals surface area contributed by atoms with Crippen molar-refractivity contribution in [1.29, 1.82) is 0 Å². The number of rotatable bonds is 2. The minimum Gasteiger partial charge on any atom is -0.339 e. The summed E-state index contributed by atoms with van der Waals surface area (Å²) < 4.78 is 11.8. The number of likely N-dealkylation sites (tertiary alicyclic amines) is 1. The van der Waals surface area contributed by atoms with E-state index in [0.29, 0.717) is 5.66 Å². The van der Waals surface area contributed by atoms with Crippen molar-refractivity contribution in [3.05, 3.63) is 12.7 Å². The average Bonchev–Trinajstić information content (AvgIpc) is 2.15. The average molecular weight is 215 g/mol. The Kier molecular flexibility index (Phi) is 3.54. The molecule has 0 radical (unpaired) electrons. The van der Waals surface area contributed by atoms with Crippen molar-refractivity contribution < 1.29 is 9.36 Å². The lowest BCUT2D eigenvalue weighted by Crippen LogP contribution is -2.39. The van der Waals surface area contributed by atoms with E-state index >= 15 is 0 Å². The molecule has 1 aliphatic rings. The predicted molar refractivity (Wildman–Crippen MR) is 59.3 cm³/mol. The van der Waals surface area contributed by atoms with E-state index in [2.05, 4.69) is 6.58 Å². The van der Waals surface area contributed by atoms with Gasteiger partial charge in [-0.2, -0.15) is 0 Å². The van der Waals surface area contributed by atoms with Crippen LogP contribution in [0.4, 0.5) is 0 Å². The van der Waals surface area contributed by atoms with Crippen LogP contribution in [0.25, 0.3) is 0 Å². The van der Waals surface area contributed by atoms with E-state index in [4.69, 9.17) is 0 Å². The van der Waals surface area contributed by atoms with Gasteiger partial charge in [-0.05, 0) is 32.2 Å². The molecule has 0 atom stereocenters. The van der Waals surface area contributed by atoms with E-state index in [-0.39, 0.29) is 5.91 Å². The van der Waals surface area contributed by atoms with Crippen molar-refractivity contribution in [3.63, 3.8) is 0 Å². The van der Waals surface area contributed by atoms with Crippen LogP contribution in [-0.4, -0.2) is 42.9 Å². The van der Waals surface area contributed by atoms with Crippen molar-refractivity contribution in [2.24, 2.45) is 0 Å². The molecule has 1 rings (SSSR count). The summed E-state index contributed by atoms with van der Waals surface area (Å²) >= 11 is 0. The molecule has 1 fully saturated rings. The number of hydrogen-bond acceptors (Lipinski definition) is 2. The standard InChI is InChI=1S/C10H18NO2P/c1-4-10(12)11-7-5-9(6-8-11)14(2,3)13/h4,9H,1,5-8H2,2-3H3. The number of carbonyl (C=O) groups is 1. The summed E-state index contributed by atoms with van der Waals surface area (Å²) in [4.78, 5) is 13.0. The van der Waals surface area contributed by atoms with Gasteiger partial charge in [0.05, 0.1) is 7.14 Å². The summed E-state index contributed by atoms with van der Waals surface area (Å²) in [6.45, 7) is 8.58. The maximum Gasteiger partial charge on any atom is 0.245 e. The minimum atomic E-state index is -1.97. The van der Waals surface area contributed by atoms with Crippen LogP contribution >= 0.6 is 7.14 Å². The van der Waals surface area contributed by atoms with Crippen LogP contribution in [0.2, 0.25) is 0 Å². The predicted octanol–water partition coefficient (Wildman–Crippen LogP) is 1.79. The van der Waals surface area contributed by atoms with Gasteiger partial charge in [-0.15, -0.1) is 0 Å². The van der Waals surface area contributed by atoms with Crippen LogP contribution in [0.5, 0.6) is 0 Å². The summed E-state index contributed by atoms with van der Waals surface area (Å²) in [5, 5.41) is 0. The lowest BCUT2D eigenvalue weighted by atomic mass is 10.1. The molecule has 0 spiro atoms. The summed E-state index contributed by atoms with van der Waals surface area (Å²) in [5.41, 5.74) is 0.302. The molecule has 0 aromatic carbocycles. The zero-order valence-corrected chi connectivity index (χ0v) is 9.80. The molecule has 4 heteroatoms. The normalized spacial score (nSPS) is 19.4. The van der Waals surface area contributed by atoms with Crippen LogP contribution in [-0.2, 0) is 9.36 Å². The number of amides is 1. The monoisotopic (exact) mass is 215 g/mol. The number of carbonyl (C=O) groups excluding carboxylic acids is 1. The fourth-order valence-corrected chi connectivity index (χ4v) is 3.31. The molecule has 0 aliphatic carbocycles. The quantitative estimate of drug-likeness (QED) is 0.520. The minimum absolute atomic E-state index is 0.00881. The Morgan fingerprint density at radius 3 is 2.29 bits per heavy atom. The first kappa shape index (κ1) is 11.5. The van der Waals surface area contributed by atoms with Crippen molar-refractivity contribution in [2.75, 3.05) is 26.4 Å². The van der Waals surface area contributed by atoms with Crippen molar-refractivity contribution in [1.82, 2.24) is 4.90 Å². The Bertz CT molecular complexity index is 274. The highest BCUT2D eigenvalue weighted by atomic mass is 31.2. The molecule has 0 bridgehead atoms. The molecule has 3 nitrogen and oxygen atoms in total. The van der Waals surface area contributed by atoms with E-state index in [1.807, 2.05) is 13.3 Å². The molecule has 1 amide bonds. The van der Waals surface area contributed by atoms with E-state index in [0.717, 1.165) is 25.9 Å². The smallest absolute Gasteiger partial charge is 0.245 e. The molecule has 80 valence electrons. The van der Waals surface area contributed by atoms with Gasteiger partial charge < -0.3 is 9.46 Å². The maximum atomic E-state index is 11.8.